The highest BCUT2D eigenvalue weighted by molar-refractivity contribution is 5.29. The van der Waals surface area contributed by atoms with Gasteiger partial charge in [0.1, 0.15) is 0 Å². The standard InChI is InChI=1S/C17H25N/c1-2-8-17(9-3-1)18-13-14-10-11-15-6-4-5-7-16(15)12-14/h4-7,14,17-18H,1-3,8-13H2. The monoisotopic (exact) mass is 243 g/mol. The van der Waals surface area contributed by atoms with Crippen molar-refractivity contribution in [1.29, 1.82) is 0 Å². The van der Waals surface area contributed by atoms with Crippen molar-refractivity contribution in [3.8, 4) is 0 Å². The Morgan fingerprint density at radius 1 is 0.944 bits per heavy atom. The Morgan fingerprint density at radius 3 is 2.56 bits per heavy atom. The molecule has 1 heteroatoms. The molecule has 2 aliphatic rings. The van der Waals surface area contributed by atoms with Gasteiger partial charge in [0.2, 0.25) is 0 Å². The van der Waals surface area contributed by atoms with Crippen molar-refractivity contribution in [3.05, 3.63) is 35.4 Å². The lowest BCUT2D eigenvalue weighted by Gasteiger charge is -2.28. The largest absolute Gasteiger partial charge is 0.314 e. The average molecular weight is 243 g/mol. The van der Waals surface area contributed by atoms with Gasteiger partial charge in [0, 0.05) is 6.04 Å². The third-order valence-corrected chi connectivity index (χ3v) is 4.75. The topological polar surface area (TPSA) is 12.0 Å². The van der Waals surface area contributed by atoms with Crippen molar-refractivity contribution < 1.29 is 0 Å². The summed E-state index contributed by atoms with van der Waals surface area (Å²) < 4.78 is 0. The van der Waals surface area contributed by atoms with Crippen LogP contribution in [0.1, 0.15) is 49.7 Å². The van der Waals surface area contributed by atoms with E-state index in [0.29, 0.717) is 0 Å². The van der Waals surface area contributed by atoms with Crippen LogP contribution < -0.4 is 5.32 Å². The number of hydrogen-bond acceptors (Lipinski definition) is 1. The molecule has 0 aromatic heterocycles. The van der Waals surface area contributed by atoms with Crippen LogP contribution >= 0.6 is 0 Å². The first-order valence-corrected chi connectivity index (χ1v) is 7.72. The number of aryl methyl sites for hydroxylation is 1. The second kappa shape index (κ2) is 5.88. The molecule has 1 unspecified atom stereocenters. The molecule has 0 heterocycles. The van der Waals surface area contributed by atoms with Gasteiger partial charge in [-0.05, 0) is 55.7 Å². The SMILES string of the molecule is c1ccc2c(c1)CCC(CNC1CCCCC1)C2. The van der Waals surface area contributed by atoms with Gasteiger partial charge in [-0.3, -0.25) is 0 Å². The summed E-state index contributed by atoms with van der Waals surface area (Å²) >= 11 is 0. The van der Waals surface area contributed by atoms with Gasteiger partial charge in [0.25, 0.3) is 0 Å². The van der Waals surface area contributed by atoms with E-state index in [1.54, 1.807) is 11.1 Å². The molecule has 0 amide bonds. The third-order valence-electron chi connectivity index (χ3n) is 4.75. The summed E-state index contributed by atoms with van der Waals surface area (Å²) in [7, 11) is 0. The van der Waals surface area contributed by atoms with Gasteiger partial charge in [-0.15, -0.1) is 0 Å². The molecule has 1 aromatic carbocycles. The number of rotatable bonds is 3. The quantitative estimate of drug-likeness (QED) is 0.853. The van der Waals surface area contributed by atoms with Crippen LogP contribution in [0.4, 0.5) is 0 Å². The molecule has 0 saturated heterocycles. The van der Waals surface area contributed by atoms with Crippen LogP contribution in [0.5, 0.6) is 0 Å². The van der Waals surface area contributed by atoms with Crippen LogP contribution in [0.2, 0.25) is 0 Å². The number of nitrogens with one attached hydrogen (secondary N) is 1. The van der Waals surface area contributed by atoms with E-state index in [1.807, 2.05) is 0 Å². The fourth-order valence-electron chi connectivity index (χ4n) is 3.59. The van der Waals surface area contributed by atoms with Gasteiger partial charge in [0.05, 0.1) is 0 Å². The zero-order valence-corrected chi connectivity index (χ0v) is 11.3. The molecule has 0 bridgehead atoms. The van der Waals surface area contributed by atoms with E-state index in [4.69, 9.17) is 0 Å². The molecule has 0 aliphatic heterocycles. The first-order chi connectivity index (χ1) is 8.92. The Balaban J connectivity index is 1.50. The predicted octanol–water partition coefficient (Wildman–Crippen LogP) is 3.71. The van der Waals surface area contributed by atoms with Gasteiger partial charge in [-0.25, -0.2) is 0 Å². The predicted molar refractivity (Wildman–Crippen MR) is 76.8 cm³/mol. The Hall–Kier alpha value is -0.820. The molecule has 2 aliphatic carbocycles. The summed E-state index contributed by atoms with van der Waals surface area (Å²) in [6, 6.07) is 9.81. The number of hydrogen-bond donors (Lipinski definition) is 1. The minimum atomic E-state index is 0.816. The van der Waals surface area contributed by atoms with Gasteiger partial charge >= 0.3 is 0 Å². The molecule has 18 heavy (non-hydrogen) atoms. The molecular weight excluding hydrogens is 218 g/mol. The fourth-order valence-corrected chi connectivity index (χ4v) is 3.59. The molecule has 0 radical (unpaired) electrons. The molecule has 98 valence electrons. The van der Waals surface area contributed by atoms with E-state index in [-0.39, 0.29) is 0 Å². The van der Waals surface area contributed by atoms with Crippen molar-refractivity contribution in [2.24, 2.45) is 5.92 Å². The Bertz CT molecular complexity index is 379. The summed E-state index contributed by atoms with van der Waals surface area (Å²) in [5.74, 6) is 0.863. The van der Waals surface area contributed by atoms with Gasteiger partial charge in [0.15, 0.2) is 0 Å². The van der Waals surface area contributed by atoms with Crippen molar-refractivity contribution in [2.75, 3.05) is 6.54 Å². The highest BCUT2D eigenvalue weighted by Crippen LogP contribution is 2.25. The maximum Gasteiger partial charge on any atom is 0.00671 e. The van der Waals surface area contributed by atoms with Crippen molar-refractivity contribution in [2.45, 2.75) is 57.4 Å². The van der Waals surface area contributed by atoms with E-state index in [1.165, 1.54) is 57.9 Å². The summed E-state index contributed by atoms with van der Waals surface area (Å²) in [6.45, 7) is 1.24. The van der Waals surface area contributed by atoms with E-state index >= 15 is 0 Å². The Morgan fingerprint density at radius 2 is 1.72 bits per heavy atom. The molecule has 1 atom stereocenters. The lowest BCUT2D eigenvalue weighted by Crippen LogP contribution is -2.36. The zero-order chi connectivity index (χ0) is 12.2. The second-order valence-corrected chi connectivity index (χ2v) is 6.12. The van der Waals surface area contributed by atoms with Crippen LogP contribution in [0.3, 0.4) is 0 Å². The summed E-state index contributed by atoms with van der Waals surface area (Å²) in [6.07, 6.45) is 11.1. The molecule has 1 nitrogen and oxygen atoms in total. The van der Waals surface area contributed by atoms with Gasteiger partial charge < -0.3 is 5.32 Å². The highest BCUT2D eigenvalue weighted by Gasteiger charge is 2.20. The van der Waals surface area contributed by atoms with Gasteiger partial charge in [-0.2, -0.15) is 0 Å². The maximum absolute atomic E-state index is 3.82. The molecule has 3 rings (SSSR count). The molecule has 0 spiro atoms. The fraction of sp³-hybridized carbons (Fsp3) is 0.647. The molecule has 1 saturated carbocycles. The zero-order valence-electron chi connectivity index (χ0n) is 11.3. The lowest BCUT2D eigenvalue weighted by atomic mass is 9.83. The summed E-state index contributed by atoms with van der Waals surface area (Å²) in [5, 5.41) is 3.82. The van der Waals surface area contributed by atoms with Crippen LogP contribution in [0, 0.1) is 5.92 Å². The van der Waals surface area contributed by atoms with Crippen LogP contribution in [-0.4, -0.2) is 12.6 Å². The summed E-state index contributed by atoms with van der Waals surface area (Å²) in [4.78, 5) is 0. The first-order valence-electron chi connectivity index (χ1n) is 7.72. The minimum absolute atomic E-state index is 0.816. The normalized spacial score (nSPS) is 24.8. The molecule has 1 N–H and O–H groups in total. The smallest absolute Gasteiger partial charge is 0.00671 e. The number of fused-ring (bicyclic) bond motifs is 1. The van der Waals surface area contributed by atoms with E-state index in [9.17, 15) is 0 Å². The molecule has 1 fully saturated rings. The highest BCUT2D eigenvalue weighted by atomic mass is 14.9. The van der Waals surface area contributed by atoms with Crippen molar-refractivity contribution >= 4 is 0 Å². The second-order valence-electron chi connectivity index (χ2n) is 6.12. The van der Waals surface area contributed by atoms with E-state index in [2.05, 4.69) is 29.6 Å². The van der Waals surface area contributed by atoms with Crippen molar-refractivity contribution in [1.82, 2.24) is 5.32 Å². The van der Waals surface area contributed by atoms with Crippen LogP contribution in [-0.2, 0) is 12.8 Å². The third kappa shape index (κ3) is 2.95. The van der Waals surface area contributed by atoms with E-state index in [0.717, 1.165) is 12.0 Å². The first kappa shape index (κ1) is 12.2. The average Bonchev–Trinajstić information content (AvgIpc) is 2.46. The molecular formula is C17H25N. The van der Waals surface area contributed by atoms with Crippen LogP contribution in [0.15, 0.2) is 24.3 Å². The minimum Gasteiger partial charge on any atom is -0.314 e. The van der Waals surface area contributed by atoms with Crippen molar-refractivity contribution in [3.63, 3.8) is 0 Å². The number of benzene rings is 1. The van der Waals surface area contributed by atoms with Gasteiger partial charge in [-0.1, -0.05) is 43.5 Å². The maximum atomic E-state index is 3.82. The lowest BCUT2D eigenvalue weighted by molar-refractivity contribution is 0.333. The summed E-state index contributed by atoms with van der Waals surface area (Å²) in [5.41, 5.74) is 3.19. The Kier molecular flexibility index (Phi) is 3.99. The Labute approximate surface area is 111 Å². The van der Waals surface area contributed by atoms with Crippen LogP contribution in [0.25, 0.3) is 0 Å². The van der Waals surface area contributed by atoms with E-state index < -0.39 is 0 Å². The molecule has 1 aromatic rings.